The van der Waals surface area contributed by atoms with Gasteiger partial charge >= 0.3 is 0 Å². The number of methoxy groups -OCH3 is 1. The third-order valence-corrected chi connectivity index (χ3v) is 5.76. The van der Waals surface area contributed by atoms with Crippen LogP contribution in [0.3, 0.4) is 0 Å². The summed E-state index contributed by atoms with van der Waals surface area (Å²) in [6.45, 7) is 4.77. The van der Waals surface area contributed by atoms with Crippen LogP contribution >= 0.6 is 11.6 Å². The van der Waals surface area contributed by atoms with Crippen LogP contribution in [0, 0.1) is 10.1 Å². The van der Waals surface area contributed by atoms with Crippen LogP contribution in [0.1, 0.15) is 42.5 Å². The van der Waals surface area contributed by atoms with E-state index in [1.807, 2.05) is 6.92 Å². The van der Waals surface area contributed by atoms with Gasteiger partial charge in [-0.25, -0.2) is 4.98 Å². The number of carbonyl (C=O) groups excluding carboxylic acids is 1. The van der Waals surface area contributed by atoms with E-state index in [0.29, 0.717) is 42.8 Å². The van der Waals surface area contributed by atoms with Gasteiger partial charge in [0.15, 0.2) is 0 Å². The lowest BCUT2D eigenvalue weighted by Crippen LogP contribution is -2.38. The second kappa shape index (κ2) is 10.5. The van der Waals surface area contributed by atoms with E-state index < -0.39 is 16.9 Å². The second-order valence-electron chi connectivity index (χ2n) is 7.48. The van der Waals surface area contributed by atoms with Crippen molar-refractivity contribution in [1.82, 2.24) is 14.5 Å². The molecule has 10 heteroatoms. The largest absolute Gasteiger partial charge is 0.385 e. The van der Waals surface area contributed by atoms with Crippen molar-refractivity contribution >= 4 is 34.1 Å². The molecule has 0 fully saturated rings. The van der Waals surface area contributed by atoms with Gasteiger partial charge in [0.25, 0.3) is 17.2 Å². The number of hydrogen-bond acceptors (Lipinski definition) is 6. The minimum absolute atomic E-state index is 0.0162. The summed E-state index contributed by atoms with van der Waals surface area (Å²) in [5.74, 6) is 0.0357. The maximum Gasteiger partial charge on any atom is 0.270 e. The van der Waals surface area contributed by atoms with Gasteiger partial charge in [-0.2, -0.15) is 0 Å². The Labute approximate surface area is 195 Å². The molecular weight excluding hydrogens is 448 g/mol. The van der Waals surface area contributed by atoms with Crippen LogP contribution in [0.15, 0.2) is 47.3 Å². The second-order valence-corrected chi connectivity index (χ2v) is 7.89. The summed E-state index contributed by atoms with van der Waals surface area (Å²) in [6.07, 6.45) is 0.543. The smallest absolute Gasteiger partial charge is 0.270 e. The Kier molecular flexibility index (Phi) is 7.78. The molecule has 2 aromatic carbocycles. The van der Waals surface area contributed by atoms with E-state index in [2.05, 4.69) is 0 Å². The molecule has 0 aliphatic rings. The number of halogens is 1. The van der Waals surface area contributed by atoms with Crippen LogP contribution in [-0.2, 0) is 11.3 Å². The van der Waals surface area contributed by atoms with Gasteiger partial charge in [0.2, 0.25) is 0 Å². The maximum absolute atomic E-state index is 13.5. The number of nitro groups is 1. The van der Waals surface area contributed by atoms with E-state index in [0.717, 1.165) is 6.07 Å². The van der Waals surface area contributed by atoms with Crippen molar-refractivity contribution in [3.8, 4) is 0 Å². The Morgan fingerprint density at radius 2 is 2.03 bits per heavy atom. The summed E-state index contributed by atoms with van der Waals surface area (Å²) in [5, 5.41) is 11.5. The Morgan fingerprint density at radius 1 is 1.30 bits per heavy atom. The number of benzene rings is 2. The minimum Gasteiger partial charge on any atom is -0.385 e. The quantitative estimate of drug-likeness (QED) is 0.262. The number of hydrogen-bond donors (Lipinski definition) is 0. The van der Waals surface area contributed by atoms with Crippen molar-refractivity contribution in [2.75, 3.05) is 20.3 Å². The monoisotopic (exact) mass is 472 g/mol. The van der Waals surface area contributed by atoms with Crippen LogP contribution in [0.2, 0.25) is 5.02 Å². The van der Waals surface area contributed by atoms with Gasteiger partial charge in [0.1, 0.15) is 5.82 Å². The molecule has 0 N–H and O–H groups in total. The van der Waals surface area contributed by atoms with Gasteiger partial charge in [-0.05, 0) is 38.5 Å². The van der Waals surface area contributed by atoms with E-state index in [4.69, 9.17) is 21.3 Å². The molecule has 1 unspecified atom stereocenters. The topological polar surface area (TPSA) is 108 Å². The summed E-state index contributed by atoms with van der Waals surface area (Å²) < 4.78 is 6.70. The third-order valence-electron chi connectivity index (χ3n) is 5.45. The SMILES string of the molecule is CCn1c(C(C)N(CCCOC)C(=O)c2ccc([N+](=O)[O-])cc2Cl)nc2ccccc2c1=O. The molecule has 1 aromatic heterocycles. The molecule has 0 aliphatic heterocycles. The number of carbonyl (C=O) groups is 1. The van der Waals surface area contributed by atoms with Crippen molar-refractivity contribution in [3.63, 3.8) is 0 Å². The number of para-hydroxylation sites is 1. The first-order valence-corrected chi connectivity index (χ1v) is 10.9. The predicted octanol–water partition coefficient (Wildman–Crippen LogP) is 4.22. The highest BCUT2D eigenvalue weighted by atomic mass is 35.5. The average Bonchev–Trinajstić information content (AvgIpc) is 2.81. The third kappa shape index (κ3) is 5.04. The van der Waals surface area contributed by atoms with Crippen molar-refractivity contribution in [2.24, 2.45) is 0 Å². The summed E-state index contributed by atoms with van der Waals surface area (Å²) in [4.78, 5) is 43.3. The molecule has 1 heterocycles. The first-order chi connectivity index (χ1) is 15.8. The van der Waals surface area contributed by atoms with Gasteiger partial charge in [0.05, 0.1) is 32.5 Å². The van der Waals surface area contributed by atoms with E-state index in [9.17, 15) is 19.7 Å². The molecule has 1 atom stereocenters. The zero-order chi connectivity index (χ0) is 24.1. The van der Waals surface area contributed by atoms with E-state index >= 15 is 0 Å². The zero-order valence-corrected chi connectivity index (χ0v) is 19.4. The van der Waals surface area contributed by atoms with E-state index in [1.54, 1.807) is 47.8 Å². The van der Waals surface area contributed by atoms with E-state index in [1.165, 1.54) is 12.1 Å². The molecule has 0 bridgehead atoms. The summed E-state index contributed by atoms with van der Waals surface area (Å²) in [6, 6.07) is 10.2. The summed E-state index contributed by atoms with van der Waals surface area (Å²) >= 11 is 6.24. The molecule has 0 saturated heterocycles. The first kappa shape index (κ1) is 24.3. The molecule has 3 rings (SSSR count). The number of aromatic nitrogens is 2. The number of ether oxygens (including phenoxy) is 1. The van der Waals surface area contributed by atoms with Crippen molar-refractivity contribution < 1.29 is 14.5 Å². The van der Waals surface area contributed by atoms with Gasteiger partial charge in [-0.15, -0.1) is 0 Å². The van der Waals surface area contributed by atoms with Gasteiger partial charge in [-0.3, -0.25) is 24.3 Å². The van der Waals surface area contributed by atoms with Crippen LogP contribution < -0.4 is 5.56 Å². The fraction of sp³-hybridized carbons (Fsp3) is 0.348. The highest BCUT2D eigenvalue weighted by Gasteiger charge is 2.28. The fourth-order valence-electron chi connectivity index (χ4n) is 3.75. The number of amides is 1. The normalized spacial score (nSPS) is 12.0. The molecule has 0 spiro atoms. The lowest BCUT2D eigenvalue weighted by Gasteiger charge is -2.30. The predicted molar refractivity (Wildman–Crippen MR) is 126 cm³/mol. The van der Waals surface area contributed by atoms with Crippen LogP contribution in [0.5, 0.6) is 0 Å². The Bertz CT molecular complexity index is 1240. The first-order valence-electron chi connectivity index (χ1n) is 10.5. The van der Waals surface area contributed by atoms with Gasteiger partial charge in [0, 0.05) is 38.9 Å². The van der Waals surface area contributed by atoms with Gasteiger partial charge in [-0.1, -0.05) is 23.7 Å². The lowest BCUT2D eigenvalue weighted by atomic mass is 10.1. The number of non-ortho nitro benzene ring substituents is 1. The Morgan fingerprint density at radius 3 is 2.67 bits per heavy atom. The molecule has 0 saturated carbocycles. The fourth-order valence-corrected chi connectivity index (χ4v) is 4.00. The summed E-state index contributed by atoms with van der Waals surface area (Å²) in [5.41, 5.74) is 0.304. The molecule has 9 nitrogen and oxygen atoms in total. The van der Waals surface area contributed by atoms with Crippen LogP contribution in [-0.4, -0.2) is 45.5 Å². The van der Waals surface area contributed by atoms with Crippen LogP contribution in [0.4, 0.5) is 5.69 Å². The highest BCUT2D eigenvalue weighted by Crippen LogP contribution is 2.28. The summed E-state index contributed by atoms with van der Waals surface area (Å²) in [7, 11) is 1.57. The molecule has 1 amide bonds. The van der Waals surface area contributed by atoms with Gasteiger partial charge < -0.3 is 9.64 Å². The highest BCUT2D eigenvalue weighted by molar-refractivity contribution is 6.34. The zero-order valence-electron chi connectivity index (χ0n) is 18.7. The minimum atomic E-state index is -0.571. The molecule has 0 radical (unpaired) electrons. The van der Waals surface area contributed by atoms with Crippen LogP contribution in [0.25, 0.3) is 10.9 Å². The van der Waals surface area contributed by atoms with Crippen molar-refractivity contribution in [1.29, 1.82) is 0 Å². The molecular formula is C23H25ClN4O5. The molecule has 0 aliphatic carbocycles. The number of fused-ring (bicyclic) bond motifs is 1. The Balaban J connectivity index is 2.08. The molecule has 3 aromatic rings. The number of rotatable bonds is 9. The van der Waals surface area contributed by atoms with Crippen molar-refractivity contribution in [2.45, 2.75) is 32.9 Å². The Hall–Kier alpha value is -3.30. The maximum atomic E-state index is 13.5. The average molecular weight is 473 g/mol. The molecule has 174 valence electrons. The lowest BCUT2D eigenvalue weighted by molar-refractivity contribution is -0.384. The molecule has 33 heavy (non-hydrogen) atoms. The number of nitro benzene ring substituents is 1. The standard InChI is InChI=1S/C23H25ClN4O5/c1-4-26-21(25-20-9-6-5-8-18(20)23(26)30)15(2)27(12-7-13-33-3)22(29)17-11-10-16(28(31)32)14-19(17)24/h5-6,8-11,14-15H,4,7,12-13H2,1-3H3. The van der Waals surface area contributed by atoms with Crippen molar-refractivity contribution in [3.05, 3.63) is 79.3 Å². The van der Waals surface area contributed by atoms with E-state index in [-0.39, 0.29) is 21.8 Å². The number of nitrogens with zero attached hydrogens (tertiary/aromatic N) is 4.